The second-order valence-corrected chi connectivity index (χ2v) is 8.39. The van der Waals surface area contributed by atoms with Gasteiger partial charge in [-0.1, -0.05) is 32.6 Å². The van der Waals surface area contributed by atoms with Crippen molar-refractivity contribution in [2.45, 2.75) is 103 Å². The summed E-state index contributed by atoms with van der Waals surface area (Å²) in [7, 11) is 2.39. The molecule has 0 aromatic rings. The Kier molecular flexibility index (Phi) is 13.0. The Morgan fingerprint density at radius 1 is 1.04 bits per heavy atom. The van der Waals surface area contributed by atoms with Gasteiger partial charge in [-0.25, -0.2) is 0 Å². The summed E-state index contributed by atoms with van der Waals surface area (Å²) in [5, 5.41) is 0. The molecule has 0 spiro atoms. The van der Waals surface area contributed by atoms with E-state index < -0.39 is 0 Å². The molecule has 0 N–H and O–H groups in total. The van der Waals surface area contributed by atoms with Crippen LogP contribution in [0.15, 0.2) is 0 Å². The smallest absolute Gasteiger partial charge is 0.161 e. The minimum atomic E-state index is -0.157. The van der Waals surface area contributed by atoms with Crippen molar-refractivity contribution in [2.75, 3.05) is 33.3 Å². The van der Waals surface area contributed by atoms with Gasteiger partial charge in [-0.2, -0.15) is 0 Å². The maximum absolute atomic E-state index is 6.02. The number of quaternary nitrogens is 1. The van der Waals surface area contributed by atoms with E-state index in [0.717, 1.165) is 25.9 Å². The van der Waals surface area contributed by atoms with Crippen LogP contribution in [0.3, 0.4) is 0 Å². The zero-order valence-corrected chi connectivity index (χ0v) is 19.5. The molecular formula is C21H42INO3. The molecule has 0 bridgehead atoms. The van der Waals surface area contributed by atoms with Gasteiger partial charge in [-0.05, 0) is 39.0 Å². The molecule has 0 aromatic carbocycles. The largest absolute Gasteiger partial charge is 1.00 e. The molecule has 156 valence electrons. The SMILES string of the molecule is CCCCCCC1CCC(OC(C)OCCC[N+]2(C)CCCCC2)O1.[I-]. The second-order valence-electron chi connectivity index (χ2n) is 8.39. The Morgan fingerprint density at radius 2 is 1.81 bits per heavy atom. The quantitative estimate of drug-likeness (QED) is 0.184. The molecule has 0 saturated carbocycles. The summed E-state index contributed by atoms with van der Waals surface area (Å²) < 4.78 is 19.1. The first-order valence-electron chi connectivity index (χ1n) is 10.9. The summed E-state index contributed by atoms with van der Waals surface area (Å²) in [6, 6.07) is 0. The Balaban J connectivity index is 0.00000338. The van der Waals surface area contributed by atoms with Gasteiger partial charge in [-0.15, -0.1) is 0 Å². The Bertz CT molecular complexity index is 350. The van der Waals surface area contributed by atoms with Crippen LogP contribution in [0.1, 0.15) is 84.5 Å². The van der Waals surface area contributed by atoms with Crippen LogP contribution in [0.4, 0.5) is 0 Å². The van der Waals surface area contributed by atoms with E-state index in [4.69, 9.17) is 14.2 Å². The molecule has 0 aliphatic carbocycles. The topological polar surface area (TPSA) is 27.7 Å². The van der Waals surface area contributed by atoms with E-state index in [1.165, 1.54) is 75.5 Å². The van der Waals surface area contributed by atoms with Crippen LogP contribution in [-0.2, 0) is 14.2 Å². The van der Waals surface area contributed by atoms with Crippen molar-refractivity contribution >= 4 is 0 Å². The molecule has 2 fully saturated rings. The molecule has 2 saturated heterocycles. The van der Waals surface area contributed by atoms with Crippen molar-refractivity contribution in [1.29, 1.82) is 0 Å². The third kappa shape index (κ3) is 9.67. The highest BCUT2D eigenvalue weighted by Crippen LogP contribution is 2.26. The number of piperidine rings is 1. The molecule has 5 heteroatoms. The summed E-state index contributed by atoms with van der Waals surface area (Å²) >= 11 is 0. The number of nitrogens with zero attached hydrogens (tertiary/aromatic N) is 1. The average molecular weight is 483 g/mol. The fourth-order valence-electron chi connectivity index (χ4n) is 4.23. The standard InChI is InChI=1S/C21H42NO3.HI/c1-4-5-6-8-12-20-13-14-21(25-20)24-19(2)23-18-11-17-22(3)15-9-7-10-16-22;/h19-21H,4-18H2,1-3H3;1H/q+1;/p-1. The highest BCUT2D eigenvalue weighted by atomic mass is 127. The lowest BCUT2D eigenvalue weighted by atomic mass is 10.1. The second kappa shape index (κ2) is 13.7. The normalized spacial score (nSPS) is 26.4. The van der Waals surface area contributed by atoms with Crippen LogP contribution in [0.25, 0.3) is 0 Å². The van der Waals surface area contributed by atoms with Gasteiger partial charge in [0.1, 0.15) is 0 Å². The highest BCUT2D eigenvalue weighted by Gasteiger charge is 2.27. The summed E-state index contributed by atoms with van der Waals surface area (Å²) in [6.07, 6.45) is 14.1. The van der Waals surface area contributed by atoms with Crippen molar-refractivity contribution in [3.63, 3.8) is 0 Å². The van der Waals surface area contributed by atoms with Gasteiger partial charge >= 0.3 is 0 Å². The maximum atomic E-state index is 6.02. The van der Waals surface area contributed by atoms with E-state index in [1.807, 2.05) is 6.92 Å². The lowest BCUT2D eigenvalue weighted by molar-refractivity contribution is -0.914. The predicted molar refractivity (Wildman–Crippen MR) is 102 cm³/mol. The fourth-order valence-corrected chi connectivity index (χ4v) is 4.23. The molecule has 3 unspecified atom stereocenters. The number of hydrogen-bond donors (Lipinski definition) is 0. The van der Waals surface area contributed by atoms with E-state index in [9.17, 15) is 0 Å². The maximum Gasteiger partial charge on any atom is 0.161 e. The predicted octanol–water partition coefficient (Wildman–Crippen LogP) is 1.87. The first-order chi connectivity index (χ1) is 12.1. The first kappa shape index (κ1) is 24.6. The van der Waals surface area contributed by atoms with Crippen LogP contribution < -0.4 is 24.0 Å². The van der Waals surface area contributed by atoms with Gasteiger partial charge in [0.25, 0.3) is 0 Å². The lowest BCUT2D eigenvalue weighted by Gasteiger charge is -2.37. The Morgan fingerprint density at radius 3 is 2.54 bits per heavy atom. The monoisotopic (exact) mass is 483 g/mol. The number of unbranched alkanes of at least 4 members (excludes halogenated alkanes) is 3. The molecule has 0 radical (unpaired) electrons. The molecule has 2 heterocycles. The van der Waals surface area contributed by atoms with Crippen molar-refractivity contribution in [3.8, 4) is 0 Å². The van der Waals surface area contributed by atoms with Gasteiger partial charge in [0.15, 0.2) is 12.6 Å². The molecule has 2 aliphatic heterocycles. The minimum Gasteiger partial charge on any atom is -1.00 e. The van der Waals surface area contributed by atoms with Gasteiger partial charge in [0.05, 0.1) is 39.4 Å². The molecule has 4 nitrogen and oxygen atoms in total. The van der Waals surface area contributed by atoms with E-state index in [-0.39, 0.29) is 36.6 Å². The summed E-state index contributed by atoms with van der Waals surface area (Å²) in [6.45, 7) is 8.96. The van der Waals surface area contributed by atoms with Gasteiger partial charge in [-0.3, -0.25) is 0 Å². The van der Waals surface area contributed by atoms with Crippen LogP contribution in [0, 0.1) is 0 Å². The highest BCUT2D eigenvalue weighted by molar-refractivity contribution is 4.68. The summed E-state index contributed by atoms with van der Waals surface area (Å²) in [5.74, 6) is 0. The van der Waals surface area contributed by atoms with Gasteiger partial charge in [0.2, 0.25) is 0 Å². The van der Waals surface area contributed by atoms with E-state index in [0.29, 0.717) is 6.10 Å². The molecule has 26 heavy (non-hydrogen) atoms. The number of rotatable bonds is 12. The van der Waals surface area contributed by atoms with Gasteiger partial charge in [0, 0.05) is 12.8 Å². The zero-order valence-electron chi connectivity index (χ0n) is 17.4. The van der Waals surface area contributed by atoms with E-state index in [2.05, 4.69) is 14.0 Å². The molecule has 2 rings (SSSR count). The summed E-state index contributed by atoms with van der Waals surface area (Å²) in [4.78, 5) is 0. The van der Waals surface area contributed by atoms with Crippen LogP contribution in [-0.4, -0.2) is 56.5 Å². The molecule has 0 aromatic heterocycles. The van der Waals surface area contributed by atoms with E-state index >= 15 is 0 Å². The van der Waals surface area contributed by atoms with Gasteiger partial charge < -0.3 is 42.7 Å². The van der Waals surface area contributed by atoms with Crippen molar-refractivity contribution in [1.82, 2.24) is 0 Å². The third-order valence-corrected chi connectivity index (χ3v) is 5.88. The number of hydrogen-bond acceptors (Lipinski definition) is 3. The van der Waals surface area contributed by atoms with Crippen LogP contribution in [0.2, 0.25) is 0 Å². The van der Waals surface area contributed by atoms with Crippen molar-refractivity contribution in [3.05, 3.63) is 0 Å². The average Bonchev–Trinajstić information content (AvgIpc) is 3.04. The Labute approximate surface area is 178 Å². The minimum absolute atomic E-state index is 0. The van der Waals surface area contributed by atoms with E-state index in [1.54, 1.807) is 0 Å². The summed E-state index contributed by atoms with van der Waals surface area (Å²) in [5.41, 5.74) is 0. The number of likely N-dealkylation sites (tertiary alicyclic amines) is 1. The number of ether oxygens (including phenoxy) is 3. The zero-order chi connectivity index (χ0) is 18.0. The molecule has 3 atom stereocenters. The molecule has 2 aliphatic rings. The van der Waals surface area contributed by atoms with Crippen LogP contribution >= 0.6 is 0 Å². The lowest BCUT2D eigenvalue weighted by Crippen LogP contribution is -3.00. The van der Waals surface area contributed by atoms with Crippen LogP contribution in [0.5, 0.6) is 0 Å². The third-order valence-electron chi connectivity index (χ3n) is 5.88. The Hall–Kier alpha value is 0.570. The molecule has 0 amide bonds. The number of halogens is 1. The van der Waals surface area contributed by atoms with Crippen molar-refractivity contribution in [2.24, 2.45) is 0 Å². The fraction of sp³-hybridized carbons (Fsp3) is 1.00. The van der Waals surface area contributed by atoms with Crippen molar-refractivity contribution < 1.29 is 42.7 Å². The first-order valence-corrected chi connectivity index (χ1v) is 10.9. The molecular weight excluding hydrogens is 441 g/mol.